The number of halogens is 1. The van der Waals surface area contributed by atoms with Gasteiger partial charge in [-0.1, -0.05) is 6.07 Å². The Morgan fingerprint density at radius 1 is 1.35 bits per heavy atom. The van der Waals surface area contributed by atoms with Gasteiger partial charge < -0.3 is 15.0 Å². The smallest absolute Gasteiger partial charge is 0.354 e. The molecule has 0 saturated carbocycles. The fourth-order valence-electron chi connectivity index (χ4n) is 2.10. The second kappa shape index (κ2) is 6.13. The van der Waals surface area contributed by atoms with Gasteiger partial charge in [-0.25, -0.2) is 4.79 Å². The van der Waals surface area contributed by atoms with Gasteiger partial charge in [0.1, 0.15) is 5.69 Å². The van der Waals surface area contributed by atoms with Crippen LogP contribution in [0.25, 0.3) is 0 Å². The lowest BCUT2D eigenvalue weighted by atomic mass is 10.1. The van der Waals surface area contributed by atoms with Gasteiger partial charge >= 0.3 is 5.97 Å². The van der Waals surface area contributed by atoms with Gasteiger partial charge in [-0.05, 0) is 59.1 Å². The molecule has 106 valence electrons. The van der Waals surface area contributed by atoms with Gasteiger partial charge in [-0.3, -0.25) is 0 Å². The lowest BCUT2D eigenvalue weighted by Crippen LogP contribution is -2.05. The highest BCUT2D eigenvalue weighted by molar-refractivity contribution is 9.10. The molecule has 0 atom stereocenters. The van der Waals surface area contributed by atoms with E-state index in [4.69, 9.17) is 0 Å². The van der Waals surface area contributed by atoms with Crippen molar-refractivity contribution in [3.63, 3.8) is 0 Å². The summed E-state index contributed by atoms with van der Waals surface area (Å²) in [4.78, 5) is 14.4. The molecule has 0 aliphatic carbocycles. The highest BCUT2D eigenvalue weighted by Crippen LogP contribution is 2.28. The highest BCUT2D eigenvalue weighted by atomic mass is 79.9. The second-order valence-corrected chi connectivity index (χ2v) is 5.54. The maximum absolute atomic E-state index is 11.4. The number of hydrogen-bond acceptors (Lipinski definition) is 3. The molecule has 2 rings (SSSR count). The number of methoxy groups -OCH3 is 1. The number of carbonyl (C=O) groups is 1. The van der Waals surface area contributed by atoms with E-state index >= 15 is 0 Å². The van der Waals surface area contributed by atoms with Gasteiger partial charge in [0.15, 0.2) is 0 Å². The zero-order chi connectivity index (χ0) is 14.7. The number of carbonyl (C=O) groups excluding carboxylic acids is 1. The van der Waals surface area contributed by atoms with Crippen LogP contribution in [0.5, 0.6) is 0 Å². The molecule has 2 N–H and O–H groups in total. The van der Waals surface area contributed by atoms with E-state index in [9.17, 15) is 4.79 Å². The van der Waals surface area contributed by atoms with E-state index in [-0.39, 0.29) is 5.97 Å². The molecular weight excluding hydrogens is 320 g/mol. The molecule has 0 amide bonds. The summed E-state index contributed by atoms with van der Waals surface area (Å²) >= 11 is 3.56. The van der Waals surface area contributed by atoms with E-state index in [2.05, 4.69) is 56.9 Å². The summed E-state index contributed by atoms with van der Waals surface area (Å²) < 4.78 is 5.70. The van der Waals surface area contributed by atoms with E-state index in [1.165, 1.54) is 18.2 Å². The third-order valence-corrected chi connectivity index (χ3v) is 3.66. The first-order chi connectivity index (χ1) is 9.51. The minimum absolute atomic E-state index is 0.357. The first-order valence-electron chi connectivity index (χ1n) is 6.28. The molecule has 5 heteroatoms. The summed E-state index contributed by atoms with van der Waals surface area (Å²) in [5.74, 6) is -0.357. The number of ether oxygens (including phenoxy) is 1. The van der Waals surface area contributed by atoms with Crippen LogP contribution in [0.4, 0.5) is 5.69 Å². The Kier molecular flexibility index (Phi) is 4.49. The predicted molar refractivity (Wildman–Crippen MR) is 83.1 cm³/mol. The third-order valence-electron chi connectivity index (χ3n) is 3.04. The van der Waals surface area contributed by atoms with Crippen LogP contribution in [0.1, 0.15) is 27.3 Å². The molecule has 0 aliphatic heterocycles. The lowest BCUT2D eigenvalue weighted by molar-refractivity contribution is 0.0594. The Morgan fingerprint density at radius 3 is 2.75 bits per heavy atom. The molecule has 2 aromatic rings. The van der Waals surface area contributed by atoms with Crippen molar-refractivity contribution >= 4 is 27.6 Å². The van der Waals surface area contributed by atoms with Gasteiger partial charge in [0, 0.05) is 10.2 Å². The van der Waals surface area contributed by atoms with Gasteiger partial charge in [0.05, 0.1) is 19.3 Å². The average Bonchev–Trinajstić information content (AvgIpc) is 2.85. The van der Waals surface area contributed by atoms with Crippen molar-refractivity contribution in [3.8, 4) is 0 Å². The SMILES string of the molecule is COC(=O)c1ccc(CNc2c(C)cc(C)cc2Br)[nH]1. The Bertz CT molecular complexity index is 612. The number of anilines is 1. The fourth-order valence-corrected chi connectivity index (χ4v) is 2.91. The van der Waals surface area contributed by atoms with Crippen LogP contribution in [-0.2, 0) is 11.3 Å². The molecular formula is C15H17BrN2O2. The molecule has 0 fully saturated rings. The van der Waals surface area contributed by atoms with Crippen molar-refractivity contribution in [1.82, 2.24) is 4.98 Å². The molecule has 0 saturated heterocycles. The van der Waals surface area contributed by atoms with Crippen LogP contribution in [0, 0.1) is 13.8 Å². The fraction of sp³-hybridized carbons (Fsp3) is 0.267. The Balaban J connectivity index is 2.09. The van der Waals surface area contributed by atoms with Crippen LogP contribution in [0.2, 0.25) is 0 Å². The molecule has 1 aromatic carbocycles. The van der Waals surface area contributed by atoms with Crippen molar-refractivity contribution in [2.45, 2.75) is 20.4 Å². The van der Waals surface area contributed by atoms with Crippen LogP contribution >= 0.6 is 15.9 Å². The van der Waals surface area contributed by atoms with Crippen LogP contribution in [-0.4, -0.2) is 18.1 Å². The predicted octanol–water partition coefficient (Wildman–Crippen LogP) is 3.79. The minimum atomic E-state index is -0.357. The number of hydrogen-bond donors (Lipinski definition) is 2. The van der Waals surface area contributed by atoms with E-state index in [0.29, 0.717) is 12.2 Å². The summed E-state index contributed by atoms with van der Waals surface area (Å²) in [7, 11) is 1.37. The number of aryl methyl sites for hydroxylation is 2. The molecule has 1 heterocycles. The van der Waals surface area contributed by atoms with E-state index in [0.717, 1.165) is 15.9 Å². The van der Waals surface area contributed by atoms with Crippen molar-refractivity contribution in [2.75, 3.05) is 12.4 Å². The van der Waals surface area contributed by atoms with Crippen molar-refractivity contribution < 1.29 is 9.53 Å². The summed E-state index contributed by atoms with van der Waals surface area (Å²) in [6.07, 6.45) is 0. The van der Waals surface area contributed by atoms with E-state index < -0.39 is 0 Å². The maximum atomic E-state index is 11.4. The van der Waals surface area contributed by atoms with E-state index in [1.807, 2.05) is 6.07 Å². The zero-order valence-electron chi connectivity index (χ0n) is 11.7. The topological polar surface area (TPSA) is 54.1 Å². The van der Waals surface area contributed by atoms with Crippen molar-refractivity contribution in [1.29, 1.82) is 0 Å². The third kappa shape index (κ3) is 3.22. The summed E-state index contributed by atoms with van der Waals surface area (Å²) in [6, 6.07) is 7.79. The summed E-state index contributed by atoms with van der Waals surface area (Å²) in [6.45, 7) is 4.74. The minimum Gasteiger partial charge on any atom is -0.464 e. The molecule has 0 radical (unpaired) electrons. The normalized spacial score (nSPS) is 10.4. The van der Waals surface area contributed by atoms with Crippen LogP contribution < -0.4 is 5.32 Å². The van der Waals surface area contributed by atoms with Crippen LogP contribution in [0.15, 0.2) is 28.7 Å². The monoisotopic (exact) mass is 336 g/mol. The summed E-state index contributed by atoms with van der Waals surface area (Å²) in [5.41, 5.74) is 4.84. The Hall–Kier alpha value is -1.75. The number of aromatic nitrogens is 1. The average molecular weight is 337 g/mol. The lowest BCUT2D eigenvalue weighted by Gasteiger charge is -2.12. The van der Waals surface area contributed by atoms with Gasteiger partial charge in [0.2, 0.25) is 0 Å². The number of rotatable bonds is 4. The standard InChI is InChI=1S/C15H17BrN2O2/c1-9-6-10(2)14(12(16)7-9)17-8-11-4-5-13(18-11)15(19)20-3/h4-7,17-18H,8H2,1-3H3. The van der Waals surface area contributed by atoms with Gasteiger partial charge in [0.25, 0.3) is 0 Å². The molecule has 0 spiro atoms. The molecule has 0 unspecified atom stereocenters. The van der Waals surface area contributed by atoms with Crippen LogP contribution in [0.3, 0.4) is 0 Å². The molecule has 0 aliphatic rings. The number of aromatic amines is 1. The summed E-state index contributed by atoms with van der Waals surface area (Å²) in [5, 5.41) is 3.36. The Labute approximate surface area is 126 Å². The van der Waals surface area contributed by atoms with E-state index in [1.54, 1.807) is 6.07 Å². The molecule has 4 nitrogen and oxygen atoms in total. The largest absolute Gasteiger partial charge is 0.464 e. The van der Waals surface area contributed by atoms with Crippen molar-refractivity contribution in [2.24, 2.45) is 0 Å². The first-order valence-corrected chi connectivity index (χ1v) is 7.07. The number of benzene rings is 1. The van der Waals surface area contributed by atoms with Crippen molar-refractivity contribution in [3.05, 3.63) is 51.3 Å². The number of nitrogens with one attached hydrogen (secondary N) is 2. The highest BCUT2D eigenvalue weighted by Gasteiger charge is 2.09. The number of esters is 1. The first kappa shape index (κ1) is 14.7. The zero-order valence-corrected chi connectivity index (χ0v) is 13.3. The maximum Gasteiger partial charge on any atom is 0.354 e. The molecule has 1 aromatic heterocycles. The quantitative estimate of drug-likeness (QED) is 0.835. The second-order valence-electron chi connectivity index (χ2n) is 4.68. The molecule has 0 bridgehead atoms. The number of H-pyrrole nitrogens is 1. The molecule has 20 heavy (non-hydrogen) atoms. The van der Waals surface area contributed by atoms with Gasteiger partial charge in [-0.2, -0.15) is 0 Å². The Morgan fingerprint density at radius 2 is 2.10 bits per heavy atom. The van der Waals surface area contributed by atoms with Gasteiger partial charge in [-0.15, -0.1) is 0 Å².